The Balaban J connectivity index is 1.47. The van der Waals surface area contributed by atoms with Gasteiger partial charge in [0, 0.05) is 11.6 Å². The summed E-state index contributed by atoms with van der Waals surface area (Å²) >= 11 is 0. The molecule has 0 unspecified atom stereocenters. The molecule has 1 N–H and O–H groups in total. The Kier molecular flexibility index (Phi) is 4.23. The average Bonchev–Trinajstić information content (AvgIpc) is 3.39. The van der Waals surface area contributed by atoms with E-state index < -0.39 is 0 Å². The van der Waals surface area contributed by atoms with E-state index in [1.54, 1.807) is 28.9 Å². The summed E-state index contributed by atoms with van der Waals surface area (Å²) in [7, 11) is 0. The third-order valence-corrected chi connectivity index (χ3v) is 4.96. The van der Waals surface area contributed by atoms with Gasteiger partial charge < -0.3 is 9.72 Å². The van der Waals surface area contributed by atoms with Crippen LogP contribution in [0.4, 0.5) is 11.4 Å². The first kappa shape index (κ1) is 17.6. The van der Waals surface area contributed by atoms with E-state index >= 15 is 0 Å². The number of fused-ring (bicyclic) bond motifs is 2. The van der Waals surface area contributed by atoms with Crippen LogP contribution in [0.2, 0.25) is 0 Å². The largest absolute Gasteiger partial charge is 0.320 e. The smallest absolute Gasteiger partial charge is 0.274 e. The van der Waals surface area contributed by atoms with E-state index in [1.165, 1.54) is 6.20 Å². The zero-order valence-electron chi connectivity index (χ0n) is 15.9. The highest BCUT2D eigenvalue weighted by Gasteiger charge is 2.15. The van der Waals surface area contributed by atoms with Crippen LogP contribution in [0.5, 0.6) is 0 Å². The lowest BCUT2D eigenvalue weighted by Gasteiger charge is -2.08. The van der Waals surface area contributed by atoms with E-state index in [9.17, 15) is 4.79 Å². The third kappa shape index (κ3) is 3.06. The zero-order valence-corrected chi connectivity index (χ0v) is 15.9. The van der Waals surface area contributed by atoms with Crippen molar-refractivity contribution in [3.05, 3.63) is 102 Å². The van der Waals surface area contributed by atoms with Crippen molar-refractivity contribution in [3.63, 3.8) is 0 Å². The lowest BCUT2D eigenvalue weighted by Crippen LogP contribution is -2.14. The second kappa shape index (κ2) is 7.18. The number of carbonyl (C=O) groups is 1. The molecule has 1 amide bonds. The molecule has 0 aliphatic carbocycles. The minimum atomic E-state index is -0.298. The standard InChI is InChI=1S/C23H16N6O/c1-24-17-10-11-22-25-13-21(28(22)15-17)23(30)27-19-8-5-9-20-18(19)12-26-29(20)14-16-6-3-2-4-7-16/h2-13,15H,14H2,(H,27,30). The monoisotopic (exact) mass is 392 g/mol. The van der Waals surface area contributed by atoms with Gasteiger partial charge in [0.25, 0.3) is 5.91 Å². The molecule has 30 heavy (non-hydrogen) atoms. The first-order chi connectivity index (χ1) is 14.7. The van der Waals surface area contributed by atoms with Crippen LogP contribution in [-0.2, 0) is 6.54 Å². The lowest BCUT2D eigenvalue weighted by atomic mass is 10.2. The van der Waals surface area contributed by atoms with E-state index in [0.717, 1.165) is 16.5 Å². The van der Waals surface area contributed by atoms with Gasteiger partial charge in [-0.3, -0.25) is 9.48 Å². The summed E-state index contributed by atoms with van der Waals surface area (Å²) in [6.07, 6.45) is 4.89. The number of imidazole rings is 1. The number of nitrogens with one attached hydrogen (secondary N) is 1. The number of benzene rings is 2. The van der Waals surface area contributed by atoms with Crippen LogP contribution < -0.4 is 5.32 Å². The molecule has 3 aromatic heterocycles. The summed E-state index contributed by atoms with van der Waals surface area (Å²) in [6.45, 7) is 7.83. The van der Waals surface area contributed by atoms with Crippen LogP contribution in [0.15, 0.2) is 79.3 Å². The van der Waals surface area contributed by atoms with Crippen LogP contribution in [0, 0.1) is 6.57 Å². The summed E-state index contributed by atoms with van der Waals surface area (Å²) in [5, 5.41) is 8.33. The van der Waals surface area contributed by atoms with Crippen LogP contribution >= 0.6 is 0 Å². The van der Waals surface area contributed by atoms with Gasteiger partial charge in [-0.2, -0.15) is 5.10 Å². The summed E-state index contributed by atoms with van der Waals surface area (Å²) in [4.78, 5) is 20.6. The molecule has 5 rings (SSSR count). The molecule has 0 bridgehead atoms. The molecule has 0 saturated carbocycles. The van der Waals surface area contributed by atoms with Crippen molar-refractivity contribution in [2.75, 3.05) is 5.32 Å². The van der Waals surface area contributed by atoms with E-state index in [0.29, 0.717) is 29.3 Å². The van der Waals surface area contributed by atoms with Gasteiger partial charge in [0.15, 0.2) is 0 Å². The number of amides is 1. The number of anilines is 1. The molecule has 0 aliphatic heterocycles. The molecule has 0 saturated heterocycles. The number of hydrogen-bond acceptors (Lipinski definition) is 3. The van der Waals surface area contributed by atoms with Gasteiger partial charge in [-0.05, 0) is 23.8 Å². The molecule has 144 valence electrons. The Labute approximate surface area is 172 Å². The van der Waals surface area contributed by atoms with Gasteiger partial charge in [-0.1, -0.05) is 42.5 Å². The fourth-order valence-electron chi connectivity index (χ4n) is 3.48. The van der Waals surface area contributed by atoms with Crippen molar-refractivity contribution < 1.29 is 4.79 Å². The van der Waals surface area contributed by atoms with Crippen molar-refractivity contribution in [2.24, 2.45) is 0 Å². The van der Waals surface area contributed by atoms with E-state index in [1.807, 2.05) is 41.1 Å². The predicted octanol–water partition coefficient (Wildman–Crippen LogP) is 4.54. The van der Waals surface area contributed by atoms with Crippen LogP contribution in [-0.4, -0.2) is 25.1 Å². The van der Waals surface area contributed by atoms with Gasteiger partial charge >= 0.3 is 0 Å². The zero-order chi connectivity index (χ0) is 20.5. The van der Waals surface area contributed by atoms with Crippen LogP contribution in [0.3, 0.4) is 0 Å². The summed E-state index contributed by atoms with van der Waals surface area (Å²) in [5.41, 5.74) is 4.18. The number of pyridine rings is 1. The van der Waals surface area contributed by atoms with Crippen molar-refractivity contribution >= 4 is 33.8 Å². The van der Waals surface area contributed by atoms with Gasteiger partial charge in [-0.15, -0.1) is 0 Å². The summed E-state index contributed by atoms with van der Waals surface area (Å²) in [6, 6.07) is 19.2. The SMILES string of the molecule is [C-]#[N+]c1ccc2ncc(C(=O)Nc3cccc4c3cnn4Cc3ccccc3)n2c1. The highest BCUT2D eigenvalue weighted by Crippen LogP contribution is 2.25. The highest BCUT2D eigenvalue weighted by molar-refractivity contribution is 6.08. The summed E-state index contributed by atoms with van der Waals surface area (Å²) in [5.74, 6) is -0.298. The molecule has 0 fully saturated rings. The molecule has 5 aromatic rings. The third-order valence-electron chi connectivity index (χ3n) is 4.96. The first-order valence-electron chi connectivity index (χ1n) is 9.37. The van der Waals surface area contributed by atoms with E-state index in [2.05, 4.69) is 32.4 Å². The van der Waals surface area contributed by atoms with Crippen molar-refractivity contribution in [1.29, 1.82) is 0 Å². The van der Waals surface area contributed by atoms with Crippen LogP contribution in [0.25, 0.3) is 21.4 Å². The minimum absolute atomic E-state index is 0.298. The first-order valence-corrected chi connectivity index (χ1v) is 9.37. The van der Waals surface area contributed by atoms with Gasteiger partial charge in [0.2, 0.25) is 5.69 Å². The Bertz CT molecular complexity index is 1420. The molecule has 0 atom stereocenters. The predicted molar refractivity (Wildman–Crippen MR) is 115 cm³/mol. The Morgan fingerprint density at radius 3 is 2.73 bits per heavy atom. The van der Waals surface area contributed by atoms with Gasteiger partial charge in [-0.25, -0.2) is 9.83 Å². The maximum Gasteiger partial charge on any atom is 0.274 e. The molecule has 7 nitrogen and oxygen atoms in total. The fraction of sp³-hybridized carbons (Fsp3) is 0.0435. The number of aromatic nitrogens is 4. The normalized spacial score (nSPS) is 10.9. The topological polar surface area (TPSA) is 68.6 Å². The molecular formula is C23H16N6O. The Hall–Kier alpha value is -4.44. The van der Waals surface area contributed by atoms with E-state index in [-0.39, 0.29) is 5.91 Å². The van der Waals surface area contributed by atoms with Crippen molar-refractivity contribution in [2.45, 2.75) is 6.54 Å². The van der Waals surface area contributed by atoms with Gasteiger partial charge in [0.05, 0.1) is 36.7 Å². The molecule has 2 aromatic carbocycles. The maximum absolute atomic E-state index is 13.0. The average molecular weight is 392 g/mol. The Morgan fingerprint density at radius 2 is 1.90 bits per heavy atom. The quantitative estimate of drug-likeness (QED) is 0.457. The molecule has 7 heteroatoms. The van der Waals surface area contributed by atoms with E-state index in [4.69, 9.17) is 6.57 Å². The molecule has 0 aliphatic rings. The minimum Gasteiger partial charge on any atom is -0.320 e. The number of rotatable bonds is 4. The van der Waals surface area contributed by atoms with Crippen molar-refractivity contribution in [1.82, 2.24) is 19.2 Å². The number of nitrogens with zero attached hydrogens (tertiary/aromatic N) is 5. The molecular weight excluding hydrogens is 376 g/mol. The molecule has 0 spiro atoms. The molecule has 0 radical (unpaired) electrons. The highest BCUT2D eigenvalue weighted by atomic mass is 16.1. The second-order valence-corrected chi connectivity index (χ2v) is 6.85. The summed E-state index contributed by atoms with van der Waals surface area (Å²) < 4.78 is 3.54. The molecule has 3 heterocycles. The fourth-order valence-corrected chi connectivity index (χ4v) is 3.48. The number of hydrogen-bond donors (Lipinski definition) is 1. The van der Waals surface area contributed by atoms with Crippen molar-refractivity contribution in [3.8, 4) is 0 Å². The van der Waals surface area contributed by atoms with Crippen LogP contribution in [0.1, 0.15) is 16.1 Å². The Morgan fingerprint density at radius 1 is 1.03 bits per heavy atom. The second-order valence-electron chi connectivity index (χ2n) is 6.85. The number of carbonyl (C=O) groups excluding carboxylic acids is 1. The lowest BCUT2D eigenvalue weighted by molar-refractivity contribution is 0.102. The van der Waals surface area contributed by atoms with Gasteiger partial charge in [0.1, 0.15) is 11.3 Å². The maximum atomic E-state index is 13.0.